The van der Waals surface area contributed by atoms with Gasteiger partial charge in [-0.05, 0) is 24.1 Å². The van der Waals surface area contributed by atoms with Gasteiger partial charge in [0.2, 0.25) is 0 Å². The van der Waals surface area contributed by atoms with Crippen LogP contribution >= 0.6 is 11.6 Å². The molecule has 2 N–H and O–H groups in total. The third-order valence-electron chi connectivity index (χ3n) is 3.58. The zero-order valence-corrected chi connectivity index (χ0v) is 14.5. The summed E-state index contributed by atoms with van der Waals surface area (Å²) in [7, 11) is 0. The van der Waals surface area contributed by atoms with Crippen molar-refractivity contribution < 1.29 is 23.1 Å². The van der Waals surface area contributed by atoms with E-state index in [-0.39, 0.29) is 22.3 Å². The van der Waals surface area contributed by atoms with Crippen molar-refractivity contribution in [3.05, 3.63) is 51.4 Å². The van der Waals surface area contributed by atoms with Gasteiger partial charge in [-0.1, -0.05) is 31.5 Å². The Kier molecular flexibility index (Phi) is 5.60. The molecule has 0 amide bonds. The number of anilines is 1. The third-order valence-corrected chi connectivity index (χ3v) is 3.95. The molecule has 0 fully saturated rings. The summed E-state index contributed by atoms with van der Waals surface area (Å²) in [5, 5.41) is 15.2. The summed E-state index contributed by atoms with van der Waals surface area (Å²) in [5.41, 5.74) is -1.94. The van der Waals surface area contributed by atoms with Crippen LogP contribution in [0.3, 0.4) is 0 Å². The minimum atomic E-state index is -4.57. The van der Waals surface area contributed by atoms with E-state index in [1.165, 1.54) is 6.07 Å². The van der Waals surface area contributed by atoms with E-state index >= 15 is 0 Å². The number of hydrogen-bond donors (Lipinski definition) is 2. The number of carbonyl (C=O) groups is 1. The molecule has 26 heavy (non-hydrogen) atoms. The van der Waals surface area contributed by atoms with Crippen molar-refractivity contribution in [2.24, 2.45) is 5.92 Å². The minimum absolute atomic E-state index is 0.0130. The van der Waals surface area contributed by atoms with Gasteiger partial charge >= 0.3 is 12.1 Å². The van der Waals surface area contributed by atoms with E-state index in [0.29, 0.717) is 4.68 Å². The Hall–Kier alpha value is -2.55. The van der Waals surface area contributed by atoms with E-state index in [4.69, 9.17) is 11.6 Å². The van der Waals surface area contributed by atoms with E-state index in [1.807, 2.05) is 0 Å². The Labute approximate surface area is 151 Å². The molecule has 1 atom stereocenters. The highest BCUT2D eigenvalue weighted by Gasteiger charge is 2.31. The maximum atomic E-state index is 12.8. The zero-order valence-electron chi connectivity index (χ0n) is 13.7. The van der Waals surface area contributed by atoms with Crippen LogP contribution in [0.25, 0.3) is 5.69 Å². The zero-order chi connectivity index (χ0) is 19.6. The molecule has 0 saturated heterocycles. The van der Waals surface area contributed by atoms with Gasteiger partial charge < -0.3 is 10.4 Å². The lowest BCUT2D eigenvalue weighted by atomic mass is 10.0. The number of nitrogens with one attached hydrogen (secondary N) is 1. The Morgan fingerprint density at radius 1 is 1.35 bits per heavy atom. The van der Waals surface area contributed by atoms with E-state index in [9.17, 15) is 27.9 Å². The van der Waals surface area contributed by atoms with Crippen LogP contribution in [0, 0.1) is 5.92 Å². The molecule has 2 aromatic rings. The lowest BCUT2D eigenvalue weighted by Crippen LogP contribution is -2.35. The second kappa shape index (κ2) is 7.36. The molecule has 0 radical (unpaired) electrons. The van der Waals surface area contributed by atoms with Gasteiger partial charge in [0.15, 0.2) is 0 Å². The highest BCUT2D eigenvalue weighted by Crippen LogP contribution is 2.30. The van der Waals surface area contributed by atoms with Crippen molar-refractivity contribution in [2.45, 2.75) is 26.1 Å². The van der Waals surface area contributed by atoms with Crippen LogP contribution in [0.4, 0.5) is 18.9 Å². The SMILES string of the molecule is CC(C)[C@H](Nc1cnn(-c2cccc(C(F)(F)F)c2)c(=O)c1Cl)C(=O)O. The van der Waals surface area contributed by atoms with Crippen molar-refractivity contribution in [3.8, 4) is 5.69 Å². The van der Waals surface area contributed by atoms with Crippen LogP contribution in [0.5, 0.6) is 0 Å². The number of hydrogen-bond acceptors (Lipinski definition) is 4. The molecule has 0 unspecified atom stereocenters. The van der Waals surface area contributed by atoms with Crippen molar-refractivity contribution in [1.82, 2.24) is 9.78 Å². The predicted molar refractivity (Wildman–Crippen MR) is 89.7 cm³/mol. The van der Waals surface area contributed by atoms with Crippen LogP contribution in [0.2, 0.25) is 5.02 Å². The van der Waals surface area contributed by atoms with Gasteiger partial charge in [-0.15, -0.1) is 0 Å². The predicted octanol–water partition coefficient (Wildman–Crippen LogP) is 3.43. The summed E-state index contributed by atoms with van der Waals surface area (Å²) in [6.45, 7) is 3.33. The number of rotatable bonds is 5. The van der Waals surface area contributed by atoms with Crippen LogP contribution in [0.15, 0.2) is 35.3 Å². The number of aromatic nitrogens is 2. The maximum Gasteiger partial charge on any atom is 0.416 e. The van der Waals surface area contributed by atoms with E-state index in [2.05, 4.69) is 10.4 Å². The van der Waals surface area contributed by atoms with Gasteiger partial charge in [0.25, 0.3) is 5.56 Å². The fraction of sp³-hybridized carbons (Fsp3) is 0.312. The fourth-order valence-corrected chi connectivity index (χ4v) is 2.40. The molecule has 0 aliphatic carbocycles. The molecule has 0 aliphatic heterocycles. The Bertz CT molecular complexity index is 881. The highest BCUT2D eigenvalue weighted by molar-refractivity contribution is 6.33. The molecule has 0 bridgehead atoms. The number of benzene rings is 1. The third kappa shape index (κ3) is 4.16. The largest absolute Gasteiger partial charge is 0.480 e. The van der Waals surface area contributed by atoms with Gasteiger partial charge in [0.05, 0.1) is 23.1 Å². The van der Waals surface area contributed by atoms with Gasteiger partial charge in [-0.3, -0.25) is 4.79 Å². The second-order valence-electron chi connectivity index (χ2n) is 5.84. The van der Waals surface area contributed by atoms with Crippen molar-refractivity contribution in [2.75, 3.05) is 5.32 Å². The molecular weight excluding hydrogens is 375 g/mol. The number of alkyl halides is 3. The first kappa shape index (κ1) is 19.8. The first-order valence-electron chi connectivity index (χ1n) is 7.47. The molecule has 0 saturated carbocycles. The van der Waals surface area contributed by atoms with Crippen molar-refractivity contribution >= 4 is 23.3 Å². The first-order chi connectivity index (χ1) is 12.0. The molecule has 2 rings (SSSR count). The lowest BCUT2D eigenvalue weighted by Gasteiger charge is -2.19. The monoisotopic (exact) mass is 389 g/mol. The number of halogens is 4. The van der Waals surface area contributed by atoms with Crippen LogP contribution in [0.1, 0.15) is 19.4 Å². The van der Waals surface area contributed by atoms with Crippen LogP contribution in [-0.2, 0) is 11.0 Å². The topological polar surface area (TPSA) is 84.2 Å². The summed E-state index contributed by atoms with van der Waals surface area (Å²) in [6.07, 6.45) is -3.47. The molecule has 10 heteroatoms. The molecule has 6 nitrogen and oxygen atoms in total. The Balaban J connectivity index is 2.45. The van der Waals surface area contributed by atoms with Gasteiger partial charge in [-0.2, -0.15) is 23.0 Å². The highest BCUT2D eigenvalue weighted by atomic mass is 35.5. The molecular formula is C16H15ClF3N3O3. The number of carboxylic acids is 1. The summed E-state index contributed by atoms with van der Waals surface area (Å²) in [5.74, 6) is -1.45. The summed E-state index contributed by atoms with van der Waals surface area (Å²) in [4.78, 5) is 23.6. The van der Waals surface area contributed by atoms with E-state index in [1.54, 1.807) is 13.8 Å². The maximum absolute atomic E-state index is 12.8. The molecule has 0 aliphatic rings. The average molecular weight is 390 g/mol. The fourth-order valence-electron chi connectivity index (χ4n) is 2.21. The lowest BCUT2D eigenvalue weighted by molar-refractivity contribution is -0.139. The quantitative estimate of drug-likeness (QED) is 0.818. The van der Waals surface area contributed by atoms with Crippen LogP contribution < -0.4 is 10.9 Å². The molecule has 1 aromatic heterocycles. The van der Waals surface area contributed by atoms with Crippen molar-refractivity contribution in [3.63, 3.8) is 0 Å². The second-order valence-corrected chi connectivity index (χ2v) is 6.22. The smallest absolute Gasteiger partial charge is 0.416 e. The number of nitrogens with zero attached hydrogens (tertiary/aromatic N) is 2. The minimum Gasteiger partial charge on any atom is -0.480 e. The first-order valence-corrected chi connectivity index (χ1v) is 7.85. The van der Waals surface area contributed by atoms with Crippen molar-refractivity contribution in [1.29, 1.82) is 0 Å². The Morgan fingerprint density at radius 2 is 2.00 bits per heavy atom. The van der Waals surface area contributed by atoms with Gasteiger partial charge in [0, 0.05) is 0 Å². The normalized spacial score (nSPS) is 12.9. The summed E-state index contributed by atoms with van der Waals surface area (Å²) < 4.78 is 39.2. The standard InChI is InChI=1S/C16H15ClF3N3O3/c1-8(2)13(15(25)26)22-11-7-21-23(14(24)12(11)17)10-5-3-4-9(6-10)16(18,19)20/h3-8,13,22H,1-2H3,(H,25,26)/t13-/m0/s1. The molecule has 1 heterocycles. The van der Waals surface area contributed by atoms with E-state index < -0.39 is 29.3 Å². The summed E-state index contributed by atoms with van der Waals surface area (Å²) >= 11 is 5.98. The van der Waals surface area contributed by atoms with E-state index in [0.717, 1.165) is 24.4 Å². The summed E-state index contributed by atoms with van der Waals surface area (Å²) in [6, 6.07) is 3.04. The average Bonchev–Trinajstić information content (AvgIpc) is 2.55. The Morgan fingerprint density at radius 3 is 2.54 bits per heavy atom. The molecule has 140 valence electrons. The number of carboxylic acid groups (broad SMARTS) is 1. The van der Waals surface area contributed by atoms with Gasteiger partial charge in [0.1, 0.15) is 11.1 Å². The van der Waals surface area contributed by atoms with Gasteiger partial charge in [-0.25, -0.2) is 4.79 Å². The van der Waals surface area contributed by atoms with Crippen LogP contribution in [-0.4, -0.2) is 26.9 Å². The number of aliphatic carboxylic acids is 1. The molecule has 1 aromatic carbocycles. The molecule has 0 spiro atoms.